The third-order valence-corrected chi connectivity index (χ3v) is 8.15. The summed E-state index contributed by atoms with van der Waals surface area (Å²) in [7, 11) is 0. The highest BCUT2D eigenvalue weighted by Crippen LogP contribution is 2.27. The van der Waals surface area contributed by atoms with Crippen LogP contribution in [-0.2, 0) is 4.79 Å². The van der Waals surface area contributed by atoms with E-state index in [1.165, 1.54) is 34.4 Å². The van der Waals surface area contributed by atoms with Crippen LogP contribution in [0.15, 0.2) is 63.3 Å². The van der Waals surface area contributed by atoms with Crippen molar-refractivity contribution in [2.24, 2.45) is 0 Å². The lowest BCUT2D eigenvalue weighted by Gasteiger charge is -2.04. The quantitative estimate of drug-likeness (QED) is 0.166. The van der Waals surface area contributed by atoms with Gasteiger partial charge in [0, 0.05) is 16.7 Å². The minimum Gasteiger partial charge on any atom is -0.300 e. The molecule has 2 aromatic heterocycles. The molecule has 0 saturated carbocycles. The molecule has 0 bridgehead atoms. The molecule has 0 aliphatic carbocycles. The Balaban J connectivity index is 1.27. The van der Waals surface area contributed by atoms with Crippen molar-refractivity contribution in [3.05, 3.63) is 71.3 Å². The molecule has 4 aromatic rings. The zero-order chi connectivity index (χ0) is 24.6. The average molecular weight is 543 g/mol. The fourth-order valence-corrected chi connectivity index (χ4v) is 5.95. The average Bonchev–Trinajstić information content (AvgIpc) is 3.52. The molecule has 2 N–H and O–H groups in total. The van der Waals surface area contributed by atoms with Crippen LogP contribution in [-0.4, -0.2) is 49.5 Å². The molecule has 0 aliphatic rings. The predicted molar refractivity (Wildman–Crippen MR) is 140 cm³/mol. The lowest BCUT2D eigenvalue weighted by molar-refractivity contribution is -0.113. The maximum absolute atomic E-state index is 12.6. The van der Waals surface area contributed by atoms with Crippen molar-refractivity contribution in [1.29, 1.82) is 0 Å². The maximum atomic E-state index is 12.6. The van der Waals surface area contributed by atoms with E-state index in [9.17, 15) is 14.4 Å². The first-order chi connectivity index (χ1) is 17.0. The van der Waals surface area contributed by atoms with Gasteiger partial charge in [-0.25, -0.2) is 0 Å². The molecule has 9 nitrogen and oxygen atoms in total. The van der Waals surface area contributed by atoms with Crippen molar-refractivity contribution in [1.82, 2.24) is 20.4 Å². The summed E-state index contributed by atoms with van der Waals surface area (Å²) < 4.78 is 1.34. The molecule has 0 radical (unpaired) electrons. The first kappa shape index (κ1) is 25.0. The van der Waals surface area contributed by atoms with E-state index in [1.54, 1.807) is 60.3 Å². The van der Waals surface area contributed by atoms with Crippen LogP contribution in [0.2, 0.25) is 0 Å². The molecule has 0 aliphatic heterocycles. The Hall–Kier alpha value is -3.13. The van der Waals surface area contributed by atoms with Gasteiger partial charge in [-0.05, 0) is 17.9 Å². The fraction of sp³-hybridized carbons (Fsp3) is 0.136. The van der Waals surface area contributed by atoms with Crippen molar-refractivity contribution in [2.75, 3.05) is 22.1 Å². The van der Waals surface area contributed by atoms with E-state index in [0.29, 0.717) is 31.3 Å². The monoisotopic (exact) mass is 542 g/mol. The minimum absolute atomic E-state index is 0.112. The van der Waals surface area contributed by atoms with Crippen LogP contribution in [0.3, 0.4) is 0 Å². The van der Waals surface area contributed by atoms with Gasteiger partial charge in [-0.2, -0.15) is 0 Å². The summed E-state index contributed by atoms with van der Waals surface area (Å²) in [4.78, 5) is 37.2. The van der Waals surface area contributed by atoms with E-state index < -0.39 is 0 Å². The first-order valence-corrected chi connectivity index (χ1v) is 13.9. The SMILES string of the molecule is CCSc1nnc(NC(=O)CSc2nnc(NC(=O)c3ccc(C(=O)c4ccccc4)cc3)s2)s1. The summed E-state index contributed by atoms with van der Waals surface area (Å²) in [5.74, 6) is 0.290. The largest absolute Gasteiger partial charge is 0.300 e. The number of hydrogen-bond donors (Lipinski definition) is 2. The number of hydrogen-bond acceptors (Lipinski definition) is 11. The number of thioether (sulfide) groups is 2. The molecule has 4 rings (SSSR count). The van der Waals surface area contributed by atoms with E-state index in [-0.39, 0.29) is 23.4 Å². The van der Waals surface area contributed by atoms with Gasteiger partial charge in [0.1, 0.15) is 0 Å². The highest BCUT2D eigenvalue weighted by atomic mass is 32.2. The number of carbonyl (C=O) groups is 3. The van der Waals surface area contributed by atoms with Gasteiger partial charge in [0.2, 0.25) is 16.2 Å². The van der Waals surface area contributed by atoms with Gasteiger partial charge in [0.25, 0.3) is 5.91 Å². The van der Waals surface area contributed by atoms with Crippen molar-refractivity contribution in [2.45, 2.75) is 15.6 Å². The Morgan fingerprint density at radius 2 is 1.31 bits per heavy atom. The highest BCUT2D eigenvalue weighted by Gasteiger charge is 2.14. The van der Waals surface area contributed by atoms with E-state index in [0.717, 1.165) is 10.1 Å². The van der Waals surface area contributed by atoms with Crippen LogP contribution < -0.4 is 10.6 Å². The second-order valence-electron chi connectivity index (χ2n) is 6.74. The van der Waals surface area contributed by atoms with Crippen molar-refractivity contribution >= 4 is 74.1 Å². The van der Waals surface area contributed by atoms with E-state index in [1.807, 2.05) is 13.0 Å². The Bertz CT molecular complexity index is 1320. The number of nitrogens with one attached hydrogen (secondary N) is 2. The zero-order valence-electron chi connectivity index (χ0n) is 18.3. The lowest BCUT2D eigenvalue weighted by Crippen LogP contribution is -2.13. The molecule has 0 atom stereocenters. The third kappa shape index (κ3) is 6.94. The molecular weight excluding hydrogens is 525 g/mol. The first-order valence-electron chi connectivity index (χ1n) is 10.3. The number of ketones is 1. The van der Waals surface area contributed by atoms with Crippen molar-refractivity contribution in [3.8, 4) is 0 Å². The smallest absolute Gasteiger partial charge is 0.257 e. The lowest BCUT2D eigenvalue weighted by atomic mass is 10.0. The molecule has 0 spiro atoms. The predicted octanol–water partition coefficient (Wildman–Crippen LogP) is 4.72. The Kier molecular flexibility index (Phi) is 8.58. The molecule has 13 heteroatoms. The summed E-state index contributed by atoms with van der Waals surface area (Å²) in [6.07, 6.45) is 0. The number of aromatic nitrogens is 4. The minimum atomic E-state index is -0.369. The van der Waals surface area contributed by atoms with Crippen molar-refractivity contribution in [3.63, 3.8) is 0 Å². The zero-order valence-corrected chi connectivity index (χ0v) is 21.5. The second kappa shape index (κ2) is 12.0. The molecule has 0 saturated heterocycles. The number of rotatable bonds is 10. The fourth-order valence-electron chi connectivity index (χ4n) is 2.74. The van der Waals surface area contributed by atoms with E-state index in [2.05, 4.69) is 31.0 Å². The standard InChI is InChI=1S/C22H18N6O3S4/c1-2-32-21-27-25-19(34-21)23-16(29)12-33-22-28-26-20(35-22)24-18(31)15-10-8-14(9-11-15)17(30)13-6-4-3-5-7-13/h3-11H,2,12H2,1H3,(H,23,25,29)(H,24,26,31). The summed E-state index contributed by atoms with van der Waals surface area (Å²) in [6.45, 7) is 2.02. The number of amides is 2. The van der Waals surface area contributed by atoms with Crippen LogP contribution >= 0.6 is 46.2 Å². The summed E-state index contributed by atoms with van der Waals surface area (Å²) in [6, 6.07) is 15.4. The topological polar surface area (TPSA) is 127 Å². The van der Waals surface area contributed by atoms with E-state index in [4.69, 9.17) is 0 Å². The Morgan fingerprint density at radius 1 is 0.743 bits per heavy atom. The van der Waals surface area contributed by atoms with Crippen LogP contribution in [0.4, 0.5) is 10.3 Å². The Morgan fingerprint density at radius 3 is 1.97 bits per heavy atom. The van der Waals surface area contributed by atoms with Crippen LogP contribution in [0.1, 0.15) is 33.2 Å². The van der Waals surface area contributed by atoms with Crippen LogP contribution in [0.5, 0.6) is 0 Å². The normalized spacial score (nSPS) is 10.7. The molecular formula is C22H18N6O3S4. The number of nitrogens with zero attached hydrogens (tertiary/aromatic N) is 4. The van der Waals surface area contributed by atoms with Gasteiger partial charge in [0.05, 0.1) is 5.75 Å². The van der Waals surface area contributed by atoms with Gasteiger partial charge >= 0.3 is 0 Å². The third-order valence-electron chi connectivity index (χ3n) is 4.32. The number of anilines is 2. The molecule has 178 valence electrons. The molecule has 0 fully saturated rings. The molecule has 2 aromatic carbocycles. The summed E-state index contributed by atoms with van der Waals surface area (Å²) >= 11 is 5.26. The Labute approximate surface area is 217 Å². The number of benzene rings is 2. The van der Waals surface area contributed by atoms with Gasteiger partial charge in [-0.3, -0.25) is 25.0 Å². The molecule has 35 heavy (non-hydrogen) atoms. The molecule has 0 unspecified atom stereocenters. The second-order valence-corrected chi connectivity index (χ2v) is 11.4. The number of carbonyl (C=O) groups excluding carboxylic acids is 3. The summed E-state index contributed by atoms with van der Waals surface area (Å²) in [5, 5.41) is 22.1. The molecule has 2 amide bonds. The highest BCUT2D eigenvalue weighted by molar-refractivity contribution is 8.01. The maximum Gasteiger partial charge on any atom is 0.257 e. The van der Waals surface area contributed by atoms with Gasteiger partial charge < -0.3 is 0 Å². The van der Waals surface area contributed by atoms with Crippen LogP contribution in [0.25, 0.3) is 0 Å². The molecule has 2 heterocycles. The van der Waals surface area contributed by atoms with Gasteiger partial charge in [0.15, 0.2) is 14.5 Å². The van der Waals surface area contributed by atoms with E-state index >= 15 is 0 Å². The van der Waals surface area contributed by atoms with Gasteiger partial charge in [-0.15, -0.1) is 20.4 Å². The van der Waals surface area contributed by atoms with Crippen molar-refractivity contribution < 1.29 is 14.4 Å². The summed E-state index contributed by atoms with van der Waals surface area (Å²) in [5.41, 5.74) is 1.46. The van der Waals surface area contributed by atoms with Gasteiger partial charge in [-0.1, -0.05) is 95.6 Å². The van der Waals surface area contributed by atoms with Crippen LogP contribution in [0, 0.1) is 0 Å².